The molecule has 0 unspecified atom stereocenters. The van der Waals surface area contributed by atoms with Gasteiger partial charge < -0.3 is 9.42 Å². The van der Waals surface area contributed by atoms with Crippen molar-refractivity contribution in [2.75, 3.05) is 13.1 Å². The van der Waals surface area contributed by atoms with Gasteiger partial charge in [0, 0.05) is 33.8 Å². The summed E-state index contributed by atoms with van der Waals surface area (Å²) in [5.74, 6) is -1.39. The van der Waals surface area contributed by atoms with Gasteiger partial charge in [0.1, 0.15) is 0 Å². The van der Waals surface area contributed by atoms with Crippen LogP contribution in [0, 0.1) is 0 Å². The molecule has 0 saturated carbocycles. The Kier molecular flexibility index (Phi) is 6.24. The number of thioether (sulfide) groups is 1. The van der Waals surface area contributed by atoms with Gasteiger partial charge in [-0.3, -0.25) is 4.79 Å². The molecule has 1 atom stereocenters. The van der Waals surface area contributed by atoms with Gasteiger partial charge in [-0.2, -0.15) is 18.2 Å². The van der Waals surface area contributed by atoms with Crippen LogP contribution in [0.2, 0.25) is 5.02 Å². The van der Waals surface area contributed by atoms with Crippen LogP contribution in [0.1, 0.15) is 17.9 Å². The van der Waals surface area contributed by atoms with E-state index in [1.807, 2.05) is 29.2 Å². The molecule has 1 aliphatic rings. The third kappa shape index (κ3) is 5.40. The van der Waals surface area contributed by atoms with E-state index in [2.05, 4.69) is 14.7 Å². The molecule has 162 valence electrons. The Balaban J connectivity index is 1.32. The number of halogens is 4. The molecule has 1 saturated heterocycles. The van der Waals surface area contributed by atoms with Crippen molar-refractivity contribution in [3.63, 3.8) is 0 Å². The van der Waals surface area contributed by atoms with E-state index in [0.717, 1.165) is 16.9 Å². The molecular formula is C21H17ClF3N3O2S. The topological polar surface area (TPSA) is 59.2 Å². The number of alkyl halides is 3. The van der Waals surface area contributed by atoms with Gasteiger partial charge in [-0.15, -0.1) is 11.8 Å². The molecular weight excluding hydrogens is 451 g/mol. The molecule has 1 aromatic heterocycles. The van der Waals surface area contributed by atoms with E-state index in [0.29, 0.717) is 30.1 Å². The van der Waals surface area contributed by atoms with Crippen molar-refractivity contribution in [3.8, 4) is 11.4 Å². The van der Waals surface area contributed by atoms with Crippen LogP contribution in [0.5, 0.6) is 0 Å². The predicted octanol–water partition coefficient (Wildman–Crippen LogP) is 5.34. The van der Waals surface area contributed by atoms with Crippen LogP contribution in [-0.2, 0) is 17.4 Å². The molecule has 0 spiro atoms. The van der Waals surface area contributed by atoms with Gasteiger partial charge >= 0.3 is 12.1 Å². The monoisotopic (exact) mass is 467 g/mol. The average Bonchev–Trinajstić information content (AvgIpc) is 3.40. The molecule has 4 rings (SSSR count). The lowest BCUT2D eigenvalue weighted by Crippen LogP contribution is -2.30. The van der Waals surface area contributed by atoms with Crippen LogP contribution in [0.4, 0.5) is 13.2 Å². The lowest BCUT2D eigenvalue weighted by molar-refractivity contribution is -0.159. The minimum absolute atomic E-state index is 0.0818. The minimum atomic E-state index is -4.67. The van der Waals surface area contributed by atoms with E-state index in [4.69, 9.17) is 11.6 Å². The standard InChI is InChI=1S/C21H17ClF3N3O2S/c22-15-5-1-13(2-6-15)11-18(29)28-10-9-17(12-28)31-16-7-3-14(4-8-16)19-26-20(30-27-19)21(23,24)25/h1-8,17H,9-12H2/t17-/m1/s1. The molecule has 0 N–H and O–H groups in total. The first kappa shape index (κ1) is 21.7. The van der Waals surface area contributed by atoms with Crippen LogP contribution < -0.4 is 0 Å². The maximum absolute atomic E-state index is 12.6. The first-order chi connectivity index (χ1) is 14.8. The summed E-state index contributed by atoms with van der Waals surface area (Å²) in [6, 6.07) is 14.2. The maximum Gasteiger partial charge on any atom is 0.471 e. The SMILES string of the molecule is O=C(Cc1ccc(Cl)cc1)N1CC[C@@H](Sc2ccc(-c3noc(C(F)(F)F)n3)cc2)C1. The van der Waals surface area contributed by atoms with Gasteiger partial charge in [0.2, 0.25) is 11.7 Å². The number of benzene rings is 2. The Morgan fingerprint density at radius 3 is 2.52 bits per heavy atom. The summed E-state index contributed by atoms with van der Waals surface area (Å²) in [4.78, 5) is 18.8. The van der Waals surface area contributed by atoms with Crippen molar-refractivity contribution in [3.05, 3.63) is 65.0 Å². The lowest BCUT2D eigenvalue weighted by atomic mass is 10.1. The second-order valence-corrected chi connectivity index (χ2v) is 8.93. The van der Waals surface area contributed by atoms with Gasteiger partial charge in [-0.25, -0.2) is 0 Å². The summed E-state index contributed by atoms with van der Waals surface area (Å²) in [7, 11) is 0. The van der Waals surface area contributed by atoms with E-state index in [1.54, 1.807) is 36.0 Å². The molecule has 10 heteroatoms. The largest absolute Gasteiger partial charge is 0.471 e. The maximum atomic E-state index is 12.6. The van der Waals surface area contributed by atoms with Crippen LogP contribution in [0.25, 0.3) is 11.4 Å². The molecule has 1 aliphatic heterocycles. The molecule has 1 amide bonds. The van der Waals surface area contributed by atoms with Gasteiger partial charge in [0.25, 0.3) is 0 Å². The first-order valence-electron chi connectivity index (χ1n) is 9.48. The molecule has 0 radical (unpaired) electrons. The summed E-state index contributed by atoms with van der Waals surface area (Å²) in [5, 5.41) is 4.28. The van der Waals surface area contributed by atoms with Gasteiger partial charge in [-0.1, -0.05) is 28.9 Å². The highest BCUT2D eigenvalue weighted by molar-refractivity contribution is 8.00. The average molecular weight is 468 g/mol. The molecule has 0 aliphatic carbocycles. The second kappa shape index (κ2) is 8.92. The minimum Gasteiger partial charge on any atom is -0.341 e. The Bertz CT molecular complexity index is 1050. The molecule has 2 heterocycles. The number of hydrogen-bond donors (Lipinski definition) is 0. The van der Waals surface area contributed by atoms with Gasteiger partial charge in [-0.05, 0) is 48.4 Å². The van der Waals surface area contributed by atoms with Crippen LogP contribution in [0.15, 0.2) is 57.9 Å². The number of nitrogens with zero attached hydrogens (tertiary/aromatic N) is 3. The number of carbonyl (C=O) groups is 1. The van der Waals surface area contributed by atoms with Gasteiger partial charge in [0.15, 0.2) is 0 Å². The van der Waals surface area contributed by atoms with E-state index in [1.165, 1.54) is 0 Å². The van der Waals surface area contributed by atoms with E-state index in [9.17, 15) is 18.0 Å². The van der Waals surface area contributed by atoms with E-state index in [-0.39, 0.29) is 17.0 Å². The number of aromatic nitrogens is 2. The second-order valence-electron chi connectivity index (χ2n) is 7.12. The number of hydrogen-bond acceptors (Lipinski definition) is 5. The van der Waals surface area contributed by atoms with Crippen molar-refractivity contribution >= 4 is 29.3 Å². The first-order valence-corrected chi connectivity index (χ1v) is 10.7. The van der Waals surface area contributed by atoms with Gasteiger partial charge in [0.05, 0.1) is 6.42 Å². The Hall–Kier alpha value is -2.52. The van der Waals surface area contributed by atoms with Crippen molar-refractivity contribution in [1.82, 2.24) is 15.0 Å². The molecule has 3 aromatic rings. The quantitative estimate of drug-likeness (QED) is 0.506. The molecule has 31 heavy (non-hydrogen) atoms. The lowest BCUT2D eigenvalue weighted by Gasteiger charge is -2.16. The van der Waals surface area contributed by atoms with Crippen LogP contribution >= 0.6 is 23.4 Å². The zero-order chi connectivity index (χ0) is 22.0. The third-order valence-corrected chi connectivity index (χ3v) is 6.36. The van der Waals surface area contributed by atoms with E-state index >= 15 is 0 Å². The van der Waals surface area contributed by atoms with E-state index < -0.39 is 12.1 Å². The van der Waals surface area contributed by atoms with Crippen molar-refractivity contribution in [1.29, 1.82) is 0 Å². The molecule has 2 aromatic carbocycles. The van der Waals surface area contributed by atoms with Crippen molar-refractivity contribution < 1.29 is 22.5 Å². The summed E-state index contributed by atoms with van der Waals surface area (Å²) >= 11 is 7.52. The van der Waals surface area contributed by atoms with Crippen molar-refractivity contribution in [2.24, 2.45) is 0 Å². The number of amides is 1. The predicted molar refractivity (Wildman–Crippen MR) is 111 cm³/mol. The highest BCUT2D eigenvalue weighted by Gasteiger charge is 2.38. The highest BCUT2D eigenvalue weighted by atomic mass is 35.5. The number of carbonyl (C=O) groups excluding carboxylic acids is 1. The highest BCUT2D eigenvalue weighted by Crippen LogP contribution is 2.32. The molecule has 0 bridgehead atoms. The normalized spacial score (nSPS) is 16.6. The molecule has 5 nitrogen and oxygen atoms in total. The Morgan fingerprint density at radius 1 is 1.16 bits per heavy atom. The summed E-state index contributed by atoms with van der Waals surface area (Å²) < 4.78 is 42.1. The summed E-state index contributed by atoms with van der Waals surface area (Å²) in [5.41, 5.74) is 1.37. The fraction of sp³-hybridized carbons (Fsp3) is 0.286. The summed E-state index contributed by atoms with van der Waals surface area (Å²) in [6.07, 6.45) is -3.45. The third-order valence-electron chi connectivity index (χ3n) is 4.85. The Labute approximate surface area is 185 Å². The number of rotatable bonds is 5. The van der Waals surface area contributed by atoms with Crippen molar-refractivity contribution in [2.45, 2.75) is 29.2 Å². The summed E-state index contributed by atoms with van der Waals surface area (Å²) in [6.45, 7) is 1.35. The molecule has 1 fully saturated rings. The number of likely N-dealkylation sites (tertiary alicyclic amines) is 1. The van der Waals surface area contributed by atoms with Crippen LogP contribution in [0.3, 0.4) is 0 Å². The fourth-order valence-electron chi connectivity index (χ4n) is 3.27. The Morgan fingerprint density at radius 2 is 1.87 bits per heavy atom. The van der Waals surface area contributed by atoms with Crippen LogP contribution in [-0.4, -0.2) is 39.3 Å². The zero-order valence-corrected chi connectivity index (χ0v) is 17.7. The smallest absolute Gasteiger partial charge is 0.341 e. The zero-order valence-electron chi connectivity index (χ0n) is 16.1. The fourth-order valence-corrected chi connectivity index (χ4v) is 4.55.